The predicted octanol–water partition coefficient (Wildman–Crippen LogP) is 3.76. The molecule has 1 unspecified atom stereocenters. The van der Waals surface area contributed by atoms with Crippen LogP contribution in [-0.4, -0.2) is 15.9 Å². The zero-order chi connectivity index (χ0) is 13.4. The van der Waals surface area contributed by atoms with Crippen LogP contribution in [0.25, 0.3) is 0 Å². The molecule has 1 atom stereocenters. The first-order chi connectivity index (χ1) is 8.67. The third-order valence-electron chi connectivity index (χ3n) is 2.85. The first-order valence-corrected chi connectivity index (χ1v) is 6.54. The number of pyridine rings is 1. The maximum atomic E-state index is 10.5. The molecule has 0 saturated carbocycles. The minimum Gasteiger partial charge on any atom is -0.367 e. The summed E-state index contributed by atoms with van der Waals surface area (Å²) in [6.07, 6.45) is 6.99. The van der Waals surface area contributed by atoms with E-state index in [2.05, 4.69) is 24.1 Å². The summed E-state index contributed by atoms with van der Waals surface area (Å²) in [6, 6.07) is 3.56. The van der Waals surface area contributed by atoms with Crippen LogP contribution in [0.15, 0.2) is 18.3 Å². The average molecular weight is 251 g/mol. The minimum atomic E-state index is -0.433. The van der Waals surface area contributed by atoms with Gasteiger partial charge in [0.1, 0.15) is 12.0 Å². The summed E-state index contributed by atoms with van der Waals surface area (Å²) in [5, 5.41) is 13.9. The third kappa shape index (κ3) is 4.69. The van der Waals surface area contributed by atoms with E-state index in [4.69, 9.17) is 0 Å². The van der Waals surface area contributed by atoms with E-state index in [0.29, 0.717) is 6.04 Å². The normalized spacial score (nSPS) is 12.1. The zero-order valence-corrected chi connectivity index (χ0v) is 11.1. The van der Waals surface area contributed by atoms with Crippen molar-refractivity contribution in [2.24, 2.45) is 0 Å². The third-order valence-corrected chi connectivity index (χ3v) is 2.85. The fourth-order valence-corrected chi connectivity index (χ4v) is 1.88. The Morgan fingerprint density at radius 1 is 1.33 bits per heavy atom. The van der Waals surface area contributed by atoms with Crippen LogP contribution in [0.5, 0.6) is 0 Å². The molecular weight excluding hydrogens is 230 g/mol. The Labute approximate surface area is 108 Å². The highest BCUT2D eigenvalue weighted by Crippen LogP contribution is 2.16. The van der Waals surface area contributed by atoms with E-state index in [-0.39, 0.29) is 5.69 Å². The largest absolute Gasteiger partial charge is 0.367 e. The van der Waals surface area contributed by atoms with Gasteiger partial charge < -0.3 is 5.32 Å². The molecule has 5 heteroatoms. The summed E-state index contributed by atoms with van der Waals surface area (Å²) >= 11 is 0. The second kappa shape index (κ2) is 7.63. The summed E-state index contributed by atoms with van der Waals surface area (Å²) in [4.78, 5) is 14.2. The molecule has 0 aliphatic rings. The summed E-state index contributed by atoms with van der Waals surface area (Å²) in [6.45, 7) is 4.33. The van der Waals surface area contributed by atoms with Gasteiger partial charge in [0.25, 0.3) is 5.69 Å². The van der Waals surface area contributed by atoms with Crippen molar-refractivity contribution in [2.45, 2.75) is 52.0 Å². The molecule has 0 spiro atoms. The lowest BCUT2D eigenvalue weighted by Crippen LogP contribution is -2.19. The van der Waals surface area contributed by atoms with Crippen LogP contribution in [0.3, 0.4) is 0 Å². The number of unbranched alkanes of at least 4 members (excludes halogenated alkanes) is 1. The molecule has 0 radical (unpaired) electrons. The van der Waals surface area contributed by atoms with Crippen molar-refractivity contribution in [1.82, 2.24) is 4.98 Å². The summed E-state index contributed by atoms with van der Waals surface area (Å²) in [5.74, 6) is 0.718. The molecule has 0 fully saturated rings. The van der Waals surface area contributed by atoms with Crippen molar-refractivity contribution in [3.05, 3.63) is 28.4 Å². The number of nitro groups is 1. The van der Waals surface area contributed by atoms with Gasteiger partial charge >= 0.3 is 0 Å². The van der Waals surface area contributed by atoms with E-state index < -0.39 is 4.92 Å². The van der Waals surface area contributed by atoms with Crippen molar-refractivity contribution in [3.8, 4) is 0 Å². The highest BCUT2D eigenvalue weighted by molar-refractivity contribution is 5.40. The topological polar surface area (TPSA) is 68.1 Å². The van der Waals surface area contributed by atoms with Crippen LogP contribution in [0.2, 0.25) is 0 Å². The first-order valence-electron chi connectivity index (χ1n) is 6.54. The van der Waals surface area contributed by atoms with Crippen LogP contribution in [-0.2, 0) is 0 Å². The van der Waals surface area contributed by atoms with Gasteiger partial charge in [0.05, 0.1) is 4.92 Å². The second-order valence-corrected chi connectivity index (χ2v) is 4.43. The van der Waals surface area contributed by atoms with Gasteiger partial charge in [0, 0.05) is 12.1 Å². The van der Waals surface area contributed by atoms with Crippen LogP contribution < -0.4 is 5.32 Å². The van der Waals surface area contributed by atoms with Crippen molar-refractivity contribution in [3.63, 3.8) is 0 Å². The Kier molecular flexibility index (Phi) is 6.11. The molecule has 1 aromatic rings. The smallest absolute Gasteiger partial charge is 0.287 e. The highest BCUT2D eigenvalue weighted by Gasteiger charge is 2.09. The Balaban J connectivity index is 2.59. The van der Waals surface area contributed by atoms with Crippen molar-refractivity contribution in [1.29, 1.82) is 0 Å². The molecular formula is C13H21N3O2. The van der Waals surface area contributed by atoms with Crippen LogP contribution in [0.4, 0.5) is 11.5 Å². The van der Waals surface area contributed by atoms with E-state index >= 15 is 0 Å². The number of aromatic nitrogens is 1. The number of rotatable bonds is 8. The standard InChI is InChI=1S/C13H21N3O2/c1-3-5-7-11(6-4-2)15-13-9-8-12(10-14-13)16(17)18/h8-11H,3-7H2,1-2H3,(H,14,15). The van der Waals surface area contributed by atoms with Gasteiger partial charge in [-0.15, -0.1) is 0 Å². The molecule has 100 valence electrons. The summed E-state index contributed by atoms with van der Waals surface area (Å²) in [7, 11) is 0. The van der Waals surface area contributed by atoms with Gasteiger partial charge in [0.15, 0.2) is 0 Å². The quantitative estimate of drug-likeness (QED) is 0.564. The van der Waals surface area contributed by atoms with Gasteiger partial charge in [-0.25, -0.2) is 4.98 Å². The Bertz CT molecular complexity index is 365. The van der Waals surface area contributed by atoms with E-state index in [1.807, 2.05) is 0 Å². The maximum absolute atomic E-state index is 10.5. The predicted molar refractivity (Wildman–Crippen MR) is 72.7 cm³/mol. The Morgan fingerprint density at radius 2 is 2.11 bits per heavy atom. The molecule has 0 amide bonds. The zero-order valence-electron chi connectivity index (χ0n) is 11.1. The average Bonchev–Trinajstić information content (AvgIpc) is 2.37. The Morgan fingerprint density at radius 3 is 2.61 bits per heavy atom. The van der Waals surface area contributed by atoms with Gasteiger partial charge in [-0.3, -0.25) is 10.1 Å². The molecule has 1 heterocycles. The van der Waals surface area contributed by atoms with Gasteiger partial charge in [-0.1, -0.05) is 33.1 Å². The van der Waals surface area contributed by atoms with Crippen molar-refractivity contribution in [2.75, 3.05) is 5.32 Å². The molecule has 0 bridgehead atoms. The van der Waals surface area contributed by atoms with E-state index in [9.17, 15) is 10.1 Å². The SMILES string of the molecule is CCCCC(CCC)Nc1ccc([N+](=O)[O-])cn1. The first kappa shape index (κ1) is 14.4. The number of nitrogens with one attached hydrogen (secondary N) is 1. The van der Waals surface area contributed by atoms with Crippen LogP contribution >= 0.6 is 0 Å². The van der Waals surface area contributed by atoms with Gasteiger partial charge in [-0.05, 0) is 18.9 Å². The fraction of sp³-hybridized carbons (Fsp3) is 0.615. The molecule has 1 N–H and O–H groups in total. The van der Waals surface area contributed by atoms with E-state index in [1.165, 1.54) is 25.1 Å². The van der Waals surface area contributed by atoms with Crippen LogP contribution in [0.1, 0.15) is 46.0 Å². The fourth-order valence-electron chi connectivity index (χ4n) is 1.88. The lowest BCUT2D eigenvalue weighted by atomic mass is 10.1. The molecule has 0 saturated heterocycles. The maximum Gasteiger partial charge on any atom is 0.287 e. The second-order valence-electron chi connectivity index (χ2n) is 4.43. The molecule has 0 aliphatic heterocycles. The van der Waals surface area contributed by atoms with E-state index in [0.717, 1.165) is 25.1 Å². The molecule has 0 aromatic carbocycles. The van der Waals surface area contributed by atoms with Crippen LogP contribution in [0, 0.1) is 10.1 Å². The molecule has 5 nitrogen and oxygen atoms in total. The molecule has 1 rings (SSSR count). The minimum absolute atomic E-state index is 0.0288. The highest BCUT2D eigenvalue weighted by atomic mass is 16.6. The number of hydrogen-bond donors (Lipinski definition) is 1. The lowest BCUT2D eigenvalue weighted by molar-refractivity contribution is -0.385. The number of hydrogen-bond acceptors (Lipinski definition) is 4. The monoisotopic (exact) mass is 251 g/mol. The lowest BCUT2D eigenvalue weighted by Gasteiger charge is -2.18. The summed E-state index contributed by atoms with van der Waals surface area (Å²) < 4.78 is 0. The van der Waals surface area contributed by atoms with Crippen molar-refractivity contribution >= 4 is 11.5 Å². The Hall–Kier alpha value is -1.65. The molecule has 0 aliphatic carbocycles. The van der Waals surface area contributed by atoms with E-state index in [1.54, 1.807) is 6.07 Å². The number of anilines is 1. The van der Waals surface area contributed by atoms with Gasteiger partial charge in [-0.2, -0.15) is 0 Å². The molecule has 18 heavy (non-hydrogen) atoms. The van der Waals surface area contributed by atoms with Crippen molar-refractivity contribution < 1.29 is 4.92 Å². The molecule has 1 aromatic heterocycles. The number of nitrogens with zero attached hydrogens (tertiary/aromatic N) is 2. The van der Waals surface area contributed by atoms with Gasteiger partial charge in [0.2, 0.25) is 0 Å². The summed E-state index contributed by atoms with van der Waals surface area (Å²) in [5.41, 5.74) is 0.0288.